The Labute approximate surface area is 190 Å². The molecule has 3 heterocycles. The average molecular weight is 427 g/mol. The van der Waals surface area contributed by atoms with Crippen LogP contribution in [0, 0.1) is 6.92 Å². The molecule has 4 rings (SSSR count). The van der Waals surface area contributed by atoms with Crippen molar-refractivity contribution in [1.82, 2.24) is 24.9 Å². The van der Waals surface area contributed by atoms with Gasteiger partial charge in [0.2, 0.25) is 5.95 Å². The molecule has 0 amide bonds. The molecule has 1 fully saturated rings. The highest BCUT2D eigenvalue weighted by molar-refractivity contribution is 6.36. The number of hydrogen-bond acceptors (Lipinski definition) is 6. The SMILES string of the molecule is [B]c1nc(NC2CCC(NC(=C)C)CC2)nn2ccc(-c3ccc(N=C(C)C)c(C)n3)c12. The summed E-state index contributed by atoms with van der Waals surface area (Å²) >= 11 is 0. The highest BCUT2D eigenvalue weighted by atomic mass is 15.3. The molecule has 0 aromatic carbocycles. The Morgan fingerprint density at radius 3 is 2.47 bits per heavy atom. The standard InChI is InChI=1S/C24H30BN7/c1-14(2)26-17-6-8-18(9-7-17)29-24-30-23(25)22-19(12-13-32(22)31-24)21-11-10-20(16(5)28-21)27-15(3)4/h10-13,17-18,26H,1,6-9H2,2-5H3,(H,29,31). The number of rotatable bonds is 6. The zero-order valence-corrected chi connectivity index (χ0v) is 19.3. The van der Waals surface area contributed by atoms with E-state index in [1.54, 1.807) is 4.52 Å². The summed E-state index contributed by atoms with van der Waals surface area (Å²) in [4.78, 5) is 13.8. The average Bonchev–Trinajstić information content (AvgIpc) is 3.15. The molecule has 1 aliphatic carbocycles. The normalized spacial score (nSPS) is 18.4. The van der Waals surface area contributed by atoms with Crippen molar-refractivity contribution in [2.45, 2.75) is 65.5 Å². The minimum Gasteiger partial charge on any atom is -0.386 e. The Balaban J connectivity index is 1.54. The summed E-state index contributed by atoms with van der Waals surface area (Å²) in [7, 11) is 6.37. The van der Waals surface area contributed by atoms with Crippen LogP contribution in [0.25, 0.3) is 16.8 Å². The van der Waals surface area contributed by atoms with E-state index >= 15 is 0 Å². The highest BCUT2D eigenvalue weighted by Gasteiger charge is 2.22. The number of nitrogens with zero attached hydrogens (tertiary/aromatic N) is 5. The van der Waals surface area contributed by atoms with E-state index in [1.807, 2.05) is 52.1 Å². The van der Waals surface area contributed by atoms with Crippen molar-refractivity contribution < 1.29 is 0 Å². The number of aromatic nitrogens is 4. The number of nitrogens with one attached hydrogen (secondary N) is 2. The van der Waals surface area contributed by atoms with Gasteiger partial charge in [-0.25, -0.2) is 9.50 Å². The van der Waals surface area contributed by atoms with Gasteiger partial charge in [-0.3, -0.25) is 9.98 Å². The first-order chi connectivity index (χ1) is 15.3. The molecule has 164 valence electrons. The van der Waals surface area contributed by atoms with Crippen LogP contribution in [-0.2, 0) is 0 Å². The third-order valence-corrected chi connectivity index (χ3v) is 5.73. The van der Waals surface area contributed by atoms with Gasteiger partial charge in [0, 0.05) is 40.8 Å². The van der Waals surface area contributed by atoms with E-state index in [-0.39, 0.29) is 0 Å². The Morgan fingerprint density at radius 1 is 1.09 bits per heavy atom. The first kappa shape index (κ1) is 22.1. The van der Waals surface area contributed by atoms with Gasteiger partial charge < -0.3 is 10.6 Å². The topological polar surface area (TPSA) is 79.5 Å². The number of pyridine rings is 1. The number of fused-ring (bicyclic) bond motifs is 1. The van der Waals surface area contributed by atoms with Gasteiger partial charge in [0.05, 0.1) is 22.6 Å². The van der Waals surface area contributed by atoms with Gasteiger partial charge in [-0.05, 0) is 71.6 Å². The van der Waals surface area contributed by atoms with Crippen molar-refractivity contribution in [3.63, 3.8) is 0 Å². The lowest BCUT2D eigenvalue weighted by Crippen LogP contribution is -2.36. The third kappa shape index (κ3) is 4.84. The summed E-state index contributed by atoms with van der Waals surface area (Å²) in [6.45, 7) is 11.9. The van der Waals surface area contributed by atoms with Gasteiger partial charge in [-0.2, -0.15) is 0 Å². The first-order valence-electron chi connectivity index (χ1n) is 11.1. The molecule has 0 atom stereocenters. The van der Waals surface area contributed by atoms with E-state index in [1.165, 1.54) is 0 Å². The number of allylic oxidation sites excluding steroid dienone is 1. The van der Waals surface area contributed by atoms with Crippen molar-refractivity contribution in [2.75, 3.05) is 5.32 Å². The second-order valence-electron chi connectivity index (χ2n) is 8.82. The van der Waals surface area contributed by atoms with Crippen LogP contribution >= 0.6 is 0 Å². The summed E-state index contributed by atoms with van der Waals surface area (Å²) in [5.41, 5.74) is 6.71. The Morgan fingerprint density at radius 2 is 1.81 bits per heavy atom. The van der Waals surface area contributed by atoms with Gasteiger partial charge in [-0.15, -0.1) is 5.10 Å². The molecule has 7 nitrogen and oxygen atoms in total. The second kappa shape index (κ2) is 9.14. The van der Waals surface area contributed by atoms with Crippen LogP contribution < -0.4 is 16.2 Å². The highest BCUT2D eigenvalue weighted by Crippen LogP contribution is 2.27. The van der Waals surface area contributed by atoms with Crippen molar-refractivity contribution in [3.8, 4) is 11.3 Å². The molecule has 1 aliphatic rings. The van der Waals surface area contributed by atoms with Crippen molar-refractivity contribution >= 4 is 36.3 Å². The molecule has 0 unspecified atom stereocenters. The van der Waals surface area contributed by atoms with Crippen LogP contribution in [0.5, 0.6) is 0 Å². The van der Waals surface area contributed by atoms with Gasteiger partial charge in [0.25, 0.3) is 0 Å². The van der Waals surface area contributed by atoms with Crippen molar-refractivity contribution in [1.29, 1.82) is 0 Å². The third-order valence-electron chi connectivity index (χ3n) is 5.73. The molecular weight excluding hydrogens is 397 g/mol. The summed E-state index contributed by atoms with van der Waals surface area (Å²) in [6.07, 6.45) is 6.20. The van der Waals surface area contributed by atoms with Crippen molar-refractivity contribution in [3.05, 3.63) is 42.4 Å². The van der Waals surface area contributed by atoms with E-state index in [9.17, 15) is 0 Å². The maximum Gasteiger partial charge on any atom is 0.240 e. The first-order valence-corrected chi connectivity index (χ1v) is 11.1. The predicted octanol–water partition coefficient (Wildman–Crippen LogP) is 3.85. The van der Waals surface area contributed by atoms with Gasteiger partial charge in [0.1, 0.15) is 7.85 Å². The summed E-state index contributed by atoms with van der Waals surface area (Å²) < 4.78 is 1.79. The van der Waals surface area contributed by atoms with Crippen molar-refractivity contribution in [2.24, 2.45) is 4.99 Å². The van der Waals surface area contributed by atoms with E-state index < -0.39 is 0 Å². The molecule has 0 spiro atoms. The van der Waals surface area contributed by atoms with Gasteiger partial charge in [0.15, 0.2) is 0 Å². The Bertz CT molecular complexity index is 1170. The molecule has 0 aliphatic heterocycles. The molecule has 3 aromatic heterocycles. The molecule has 1 saturated carbocycles. The van der Waals surface area contributed by atoms with Crippen LogP contribution in [0.4, 0.5) is 11.6 Å². The fourth-order valence-electron chi connectivity index (χ4n) is 4.30. The maximum absolute atomic E-state index is 6.37. The molecule has 0 bridgehead atoms. The van der Waals surface area contributed by atoms with E-state index in [2.05, 4.69) is 32.3 Å². The van der Waals surface area contributed by atoms with E-state index in [0.29, 0.717) is 23.6 Å². The minimum atomic E-state index is 0.337. The smallest absolute Gasteiger partial charge is 0.240 e. The van der Waals surface area contributed by atoms with E-state index in [4.69, 9.17) is 12.8 Å². The molecule has 3 aromatic rings. The van der Waals surface area contributed by atoms with E-state index in [0.717, 1.165) is 65.2 Å². The zero-order chi connectivity index (χ0) is 22.8. The fourth-order valence-corrected chi connectivity index (χ4v) is 4.30. The molecule has 2 N–H and O–H groups in total. The molecule has 0 saturated heterocycles. The Kier molecular flexibility index (Phi) is 6.30. The summed E-state index contributed by atoms with van der Waals surface area (Å²) in [6, 6.07) is 6.77. The number of aryl methyl sites for hydroxylation is 1. The molecule has 8 heteroatoms. The van der Waals surface area contributed by atoms with Crippen LogP contribution in [-0.4, -0.2) is 45.2 Å². The lowest BCUT2D eigenvalue weighted by molar-refractivity contribution is 0.372. The summed E-state index contributed by atoms with van der Waals surface area (Å²) in [5, 5.41) is 11.6. The van der Waals surface area contributed by atoms with Crippen LogP contribution in [0.1, 0.15) is 52.1 Å². The van der Waals surface area contributed by atoms with Crippen LogP contribution in [0.3, 0.4) is 0 Å². The number of anilines is 1. The fraction of sp³-hybridized carbons (Fsp3) is 0.417. The van der Waals surface area contributed by atoms with Gasteiger partial charge in [-0.1, -0.05) is 6.58 Å². The monoisotopic (exact) mass is 427 g/mol. The Hall–Kier alpha value is -3.16. The van der Waals surface area contributed by atoms with Crippen LogP contribution in [0.15, 0.2) is 41.7 Å². The quantitative estimate of drug-likeness (QED) is 0.462. The largest absolute Gasteiger partial charge is 0.386 e. The molecule has 32 heavy (non-hydrogen) atoms. The minimum absolute atomic E-state index is 0.337. The molecular formula is C24H30BN7. The van der Waals surface area contributed by atoms with Crippen LogP contribution in [0.2, 0.25) is 0 Å². The van der Waals surface area contributed by atoms with Gasteiger partial charge >= 0.3 is 0 Å². The zero-order valence-electron chi connectivity index (χ0n) is 19.3. The predicted molar refractivity (Wildman–Crippen MR) is 132 cm³/mol. The second-order valence-corrected chi connectivity index (χ2v) is 8.82. The number of aliphatic imine (C=N–C) groups is 1. The lowest BCUT2D eigenvalue weighted by Gasteiger charge is -2.30. The lowest BCUT2D eigenvalue weighted by atomic mass is 9.91. The number of hydrogen-bond donors (Lipinski definition) is 2. The maximum atomic E-state index is 6.37. The molecule has 2 radical (unpaired) electrons. The summed E-state index contributed by atoms with van der Waals surface area (Å²) in [5.74, 6) is 0.556.